The Kier molecular flexibility index (Phi) is 4.26. The highest BCUT2D eigenvalue weighted by molar-refractivity contribution is 5.72. The van der Waals surface area contributed by atoms with Gasteiger partial charge in [-0.25, -0.2) is 0 Å². The van der Waals surface area contributed by atoms with E-state index < -0.39 is 0 Å². The molecule has 1 heterocycles. The predicted molar refractivity (Wildman–Crippen MR) is 50.9 cm³/mol. The highest BCUT2D eigenvalue weighted by atomic mass is 16.5. The molecule has 72 valence electrons. The standard InChI is InChI=1S/C10H15NO2/c1-2-13-8-4-7-11-6-3-5-10(11)9-12/h3,5-6,9H,2,4,7-8H2,1H3. The van der Waals surface area contributed by atoms with Crippen molar-refractivity contribution >= 4 is 6.29 Å². The topological polar surface area (TPSA) is 31.2 Å². The second-order valence-corrected chi connectivity index (χ2v) is 2.79. The third-order valence-electron chi connectivity index (χ3n) is 1.88. The first kappa shape index (κ1) is 9.99. The number of aromatic nitrogens is 1. The highest BCUT2D eigenvalue weighted by Crippen LogP contribution is 2.00. The molecule has 0 fully saturated rings. The van der Waals surface area contributed by atoms with Crippen LogP contribution in [-0.2, 0) is 11.3 Å². The van der Waals surface area contributed by atoms with Crippen LogP contribution in [-0.4, -0.2) is 24.1 Å². The Bertz CT molecular complexity index is 255. The monoisotopic (exact) mass is 181 g/mol. The van der Waals surface area contributed by atoms with Crippen molar-refractivity contribution in [1.29, 1.82) is 0 Å². The summed E-state index contributed by atoms with van der Waals surface area (Å²) in [6, 6.07) is 3.69. The molecule has 1 aromatic heterocycles. The van der Waals surface area contributed by atoms with E-state index in [4.69, 9.17) is 4.74 Å². The van der Waals surface area contributed by atoms with E-state index in [1.165, 1.54) is 0 Å². The minimum atomic E-state index is 0.733. The molecule has 0 radical (unpaired) electrons. The number of ether oxygens (including phenoxy) is 1. The predicted octanol–water partition coefficient (Wildman–Crippen LogP) is 1.73. The molecule has 3 nitrogen and oxygen atoms in total. The van der Waals surface area contributed by atoms with Crippen LogP contribution in [0.4, 0.5) is 0 Å². The van der Waals surface area contributed by atoms with Crippen molar-refractivity contribution in [2.75, 3.05) is 13.2 Å². The van der Waals surface area contributed by atoms with Crippen LogP contribution in [0.3, 0.4) is 0 Å². The van der Waals surface area contributed by atoms with Gasteiger partial charge < -0.3 is 9.30 Å². The lowest BCUT2D eigenvalue weighted by atomic mass is 10.4. The van der Waals surface area contributed by atoms with Gasteiger partial charge in [-0.05, 0) is 25.5 Å². The van der Waals surface area contributed by atoms with Crippen molar-refractivity contribution in [2.24, 2.45) is 0 Å². The summed E-state index contributed by atoms with van der Waals surface area (Å²) in [7, 11) is 0. The molecule has 0 saturated heterocycles. The minimum Gasteiger partial charge on any atom is -0.382 e. The molecular formula is C10H15NO2. The first-order valence-corrected chi connectivity index (χ1v) is 4.56. The van der Waals surface area contributed by atoms with E-state index in [9.17, 15) is 4.79 Å². The van der Waals surface area contributed by atoms with Crippen molar-refractivity contribution in [3.8, 4) is 0 Å². The Morgan fingerprint density at radius 1 is 1.62 bits per heavy atom. The zero-order valence-corrected chi connectivity index (χ0v) is 7.90. The van der Waals surface area contributed by atoms with E-state index in [2.05, 4.69) is 0 Å². The fraction of sp³-hybridized carbons (Fsp3) is 0.500. The minimum absolute atomic E-state index is 0.733. The van der Waals surface area contributed by atoms with Gasteiger partial charge >= 0.3 is 0 Å². The second kappa shape index (κ2) is 5.54. The molecule has 0 spiro atoms. The Labute approximate surface area is 78.3 Å². The van der Waals surface area contributed by atoms with Gasteiger partial charge in [-0.3, -0.25) is 4.79 Å². The summed E-state index contributed by atoms with van der Waals surface area (Å²) in [6.07, 6.45) is 3.74. The normalized spacial score (nSPS) is 10.2. The van der Waals surface area contributed by atoms with E-state index in [1.54, 1.807) is 0 Å². The van der Waals surface area contributed by atoms with Crippen LogP contribution in [0.25, 0.3) is 0 Å². The molecule has 0 N–H and O–H groups in total. The van der Waals surface area contributed by atoms with E-state index in [-0.39, 0.29) is 0 Å². The van der Waals surface area contributed by atoms with Crippen LogP contribution in [0.2, 0.25) is 0 Å². The van der Waals surface area contributed by atoms with Crippen molar-refractivity contribution in [1.82, 2.24) is 4.57 Å². The molecule has 1 aromatic rings. The van der Waals surface area contributed by atoms with Gasteiger partial charge in [-0.15, -0.1) is 0 Å². The molecule has 0 aliphatic rings. The first-order valence-electron chi connectivity index (χ1n) is 4.56. The molecular weight excluding hydrogens is 166 g/mol. The molecule has 0 amide bonds. The smallest absolute Gasteiger partial charge is 0.166 e. The average molecular weight is 181 g/mol. The van der Waals surface area contributed by atoms with E-state index >= 15 is 0 Å². The van der Waals surface area contributed by atoms with Gasteiger partial charge in [0, 0.05) is 26.0 Å². The molecule has 0 aromatic carbocycles. The Balaban J connectivity index is 2.31. The summed E-state index contributed by atoms with van der Waals surface area (Å²) >= 11 is 0. The Morgan fingerprint density at radius 3 is 3.15 bits per heavy atom. The van der Waals surface area contributed by atoms with E-state index in [1.807, 2.05) is 29.8 Å². The number of hydrogen-bond acceptors (Lipinski definition) is 2. The second-order valence-electron chi connectivity index (χ2n) is 2.79. The summed E-state index contributed by atoms with van der Waals surface area (Å²) in [5.74, 6) is 0. The first-order chi connectivity index (χ1) is 6.38. The maximum Gasteiger partial charge on any atom is 0.166 e. The third-order valence-corrected chi connectivity index (χ3v) is 1.88. The summed E-state index contributed by atoms with van der Waals surface area (Å²) < 4.78 is 7.14. The number of aldehydes is 1. The molecule has 0 saturated carbocycles. The van der Waals surface area contributed by atoms with Crippen LogP contribution >= 0.6 is 0 Å². The molecule has 1 rings (SSSR count). The van der Waals surface area contributed by atoms with Gasteiger partial charge in [0.05, 0.1) is 5.69 Å². The number of carbonyl (C=O) groups is 1. The van der Waals surface area contributed by atoms with E-state index in [0.717, 1.165) is 38.2 Å². The van der Waals surface area contributed by atoms with Crippen molar-refractivity contribution in [3.63, 3.8) is 0 Å². The quantitative estimate of drug-likeness (QED) is 0.494. The summed E-state index contributed by atoms with van der Waals surface area (Å²) in [5.41, 5.74) is 0.733. The molecule has 0 bridgehead atoms. The van der Waals surface area contributed by atoms with Gasteiger partial charge in [0.1, 0.15) is 0 Å². The SMILES string of the molecule is CCOCCCn1cccc1C=O. The maximum absolute atomic E-state index is 10.5. The van der Waals surface area contributed by atoms with Crippen molar-refractivity contribution in [2.45, 2.75) is 19.9 Å². The van der Waals surface area contributed by atoms with Gasteiger partial charge in [0.2, 0.25) is 0 Å². The lowest BCUT2D eigenvalue weighted by Gasteiger charge is -2.04. The number of hydrogen-bond donors (Lipinski definition) is 0. The lowest BCUT2D eigenvalue weighted by Crippen LogP contribution is -2.04. The van der Waals surface area contributed by atoms with Crippen LogP contribution < -0.4 is 0 Å². The lowest BCUT2D eigenvalue weighted by molar-refractivity contribution is 0.111. The van der Waals surface area contributed by atoms with E-state index in [0.29, 0.717) is 0 Å². The number of aryl methyl sites for hydroxylation is 1. The molecule has 0 aliphatic carbocycles. The number of carbonyl (C=O) groups excluding carboxylic acids is 1. The fourth-order valence-corrected chi connectivity index (χ4v) is 1.22. The Hall–Kier alpha value is -1.09. The summed E-state index contributed by atoms with van der Waals surface area (Å²) in [6.45, 7) is 4.34. The fourth-order valence-electron chi connectivity index (χ4n) is 1.22. The van der Waals surface area contributed by atoms with Crippen LogP contribution in [0.1, 0.15) is 23.8 Å². The summed E-state index contributed by atoms with van der Waals surface area (Å²) in [4.78, 5) is 10.5. The zero-order valence-electron chi connectivity index (χ0n) is 7.90. The average Bonchev–Trinajstić information content (AvgIpc) is 2.60. The van der Waals surface area contributed by atoms with Crippen LogP contribution in [0.5, 0.6) is 0 Å². The zero-order chi connectivity index (χ0) is 9.52. The molecule has 0 unspecified atom stereocenters. The number of rotatable bonds is 6. The van der Waals surface area contributed by atoms with Gasteiger partial charge in [0.25, 0.3) is 0 Å². The maximum atomic E-state index is 10.5. The number of nitrogens with zero attached hydrogens (tertiary/aromatic N) is 1. The highest BCUT2D eigenvalue weighted by Gasteiger charge is 1.97. The molecule has 3 heteroatoms. The van der Waals surface area contributed by atoms with Gasteiger partial charge in [-0.1, -0.05) is 0 Å². The third kappa shape index (κ3) is 3.03. The van der Waals surface area contributed by atoms with Gasteiger partial charge in [-0.2, -0.15) is 0 Å². The Morgan fingerprint density at radius 2 is 2.46 bits per heavy atom. The molecule has 0 atom stereocenters. The molecule has 13 heavy (non-hydrogen) atoms. The van der Waals surface area contributed by atoms with Gasteiger partial charge in [0.15, 0.2) is 6.29 Å². The van der Waals surface area contributed by atoms with Crippen molar-refractivity contribution < 1.29 is 9.53 Å². The molecule has 0 aliphatic heterocycles. The van der Waals surface area contributed by atoms with Crippen molar-refractivity contribution in [3.05, 3.63) is 24.0 Å². The summed E-state index contributed by atoms with van der Waals surface area (Å²) in [5, 5.41) is 0. The van der Waals surface area contributed by atoms with Crippen LogP contribution in [0.15, 0.2) is 18.3 Å². The van der Waals surface area contributed by atoms with Crippen LogP contribution in [0, 0.1) is 0 Å². The largest absolute Gasteiger partial charge is 0.382 e.